The van der Waals surface area contributed by atoms with Crippen LogP contribution in [0, 0.1) is 0 Å². The molecule has 30 heavy (non-hydrogen) atoms. The summed E-state index contributed by atoms with van der Waals surface area (Å²) in [4.78, 5) is 1.38. The molecule has 1 aromatic carbocycles. The third-order valence-electron chi connectivity index (χ3n) is 10.3. The van der Waals surface area contributed by atoms with Crippen molar-refractivity contribution < 1.29 is 0 Å². The number of rotatable bonds is 8. The van der Waals surface area contributed by atoms with Crippen LogP contribution in [0.2, 0.25) is 0 Å². The van der Waals surface area contributed by atoms with Gasteiger partial charge in [-0.15, -0.1) is 12.6 Å². The Morgan fingerprint density at radius 3 is 1.00 bits per heavy atom. The van der Waals surface area contributed by atoms with Gasteiger partial charge < -0.3 is 0 Å². The Labute approximate surface area is 200 Å². The lowest BCUT2D eigenvalue weighted by Gasteiger charge is -2.35. The first-order valence-corrected chi connectivity index (χ1v) is 14.1. The van der Waals surface area contributed by atoms with Crippen molar-refractivity contribution in [3.05, 3.63) is 26.7 Å². The highest BCUT2D eigenvalue weighted by Crippen LogP contribution is 2.67. The minimum atomic E-state index is 0.271. The van der Waals surface area contributed by atoms with Crippen LogP contribution in [0.1, 0.15) is 142 Å². The summed E-state index contributed by atoms with van der Waals surface area (Å²) in [5.74, 6) is 0. The fraction of sp³-hybridized carbons (Fsp3) is 0.786. The van der Waals surface area contributed by atoms with Crippen LogP contribution in [0.3, 0.4) is 0 Å². The topological polar surface area (TPSA) is 0 Å². The molecule has 0 unspecified atom stereocenters. The van der Waals surface area contributed by atoms with E-state index in [0.29, 0.717) is 0 Å². The summed E-state index contributed by atoms with van der Waals surface area (Å²) in [6.45, 7) is 19.3. The number of thiol groups is 1. The van der Waals surface area contributed by atoms with Crippen LogP contribution in [0.25, 0.3) is 0 Å². The van der Waals surface area contributed by atoms with Crippen LogP contribution < -0.4 is 0 Å². The van der Waals surface area contributed by atoms with E-state index in [-0.39, 0.29) is 21.7 Å². The van der Waals surface area contributed by atoms with E-state index in [1.807, 2.05) is 0 Å². The number of hydrogen-bond donors (Lipinski definition) is 1. The zero-order chi connectivity index (χ0) is 22.5. The third-order valence-corrected chi connectivity index (χ3v) is 11.5. The molecule has 0 aromatic heterocycles. The molecule has 0 saturated carbocycles. The van der Waals surface area contributed by atoms with Gasteiger partial charge in [-0.2, -0.15) is 0 Å². The summed E-state index contributed by atoms with van der Waals surface area (Å²) in [5, 5.41) is 0. The highest BCUT2D eigenvalue weighted by atomic mass is 79.9. The predicted molar refractivity (Wildman–Crippen MR) is 140 cm³/mol. The number of benzene rings is 1. The van der Waals surface area contributed by atoms with E-state index < -0.39 is 0 Å². The highest BCUT2D eigenvalue weighted by molar-refractivity contribution is 9.10. The second-order valence-electron chi connectivity index (χ2n) is 10.5. The van der Waals surface area contributed by atoms with Gasteiger partial charge in [-0.05, 0) is 108 Å². The predicted octanol–water partition coefficient (Wildman–Crippen LogP) is 9.78. The lowest BCUT2D eigenvalue weighted by Crippen LogP contribution is -2.29. The number of fused-ring (bicyclic) bond motifs is 2. The van der Waals surface area contributed by atoms with E-state index in [1.54, 1.807) is 22.3 Å². The monoisotopic (exact) mass is 492 g/mol. The largest absolute Gasteiger partial charge is 0.143 e. The molecule has 2 aliphatic carbocycles. The maximum absolute atomic E-state index is 5.47. The summed E-state index contributed by atoms with van der Waals surface area (Å²) in [6, 6.07) is 0. The molecule has 0 radical (unpaired) electrons. The normalized spacial score (nSPS) is 22.2. The maximum atomic E-state index is 5.47. The SMILES string of the molecule is CCC1(CC)CC(CC)(CC)c2c(Br)c3c(c(S)c21)C(CC)(CC)CC3(CC)CC. The van der Waals surface area contributed by atoms with Crippen LogP contribution in [0.4, 0.5) is 0 Å². The summed E-state index contributed by atoms with van der Waals surface area (Å²) >= 11 is 9.79. The second-order valence-corrected chi connectivity index (χ2v) is 11.7. The van der Waals surface area contributed by atoms with Gasteiger partial charge in [0, 0.05) is 9.37 Å². The molecule has 0 atom stereocenters. The summed E-state index contributed by atoms with van der Waals surface area (Å²) in [5.41, 5.74) is 7.65. The smallest absolute Gasteiger partial charge is 0.0257 e. The molecule has 3 rings (SSSR count). The van der Waals surface area contributed by atoms with Crippen LogP contribution in [-0.2, 0) is 21.7 Å². The van der Waals surface area contributed by atoms with Gasteiger partial charge in [0.15, 0.2) is 0 Å². The van der Waals surface area contributed by atoms with Gasteiger partial charge in [-0.3, -0.25) is 0 Å². The molecule has 0 amide bonds. The molecule has 2 aliphatic rings. The van der Waals surface area contributed by atoms with E-state index in [9.17, 15) is 0 Å². The van der Waals surface area contributed by atoms with E-state index in [4.69, 9.17) is 12.6 Å². The number of halogens is 1. The van der Waals surface area contributed by atoms with Crippen molar-refractivity contribution in [1.82, 2.24) is 0 Å². The van der Waals surface area contributed by atoms with Gasteiger partial charge in [0.05, 0.1) is 0 Å². The summed E-state index contributed by atoms with van der Waals surface area (Å²) in [7, 11) is 0. The highest BCUT2D eigenvalue weighted by Gasteiger charge is 2.57. The molecule has 0 nitrogen and oxygen atoms in total. The summed E-state index contributed by atoms with van der Waals surface area (Å²) in [6.07, 6.45) is 12.3. The van der Waals surface area contributed by atoms with Crippen molar-refractivity contribution in [3.63, 3.8) is 0 Å². The van der Waals surface area contributed by atoms with Crippen molar-refractivity contribution in [3.8, 4) is 0 Å². The van der Waals surface area contributed by atoms with Crippen molar-refractivity contribution in [2.24, 2.45) is 0 Å². The van der Waals surface area contributed by atoms with Crippen molar-refractivity contribution in [2.75, 3.05) is 0 Å². The zero-order valence-corrected chi connectivity index (χ0v) is 23.4. The zero-order valence-electron chi connectivity index (χ0n) is 20.9. The van der Waals surface area contributed by atoms with Crippen molar-refractivity contribution in [2.45, 2.75) is 146 Å². The third kappa shape index (κ3) is 2.91. The van der Waals surface area contributed by atoms with Crippen LogP contribution >= 0.6 is 28.6 Å². The van der Waals surface area contributed by atoms with Gasteiger partial charge in [-0.25, -0.2) is 0 Å². The van der Waals surface area contributed by atoms with E-state index >= 15 is 0 Å². The van der Waals surface area contributed by atoms with E-state index in [1.165, 1.54) is 73.6 Å². The minimum Gasteiger partial charge on any atom is -0.143 e. The molecule has 0 aliphatic heterocycles. The van der Waals surface area contributed by atoms with Crippen LogP contribution in [0.15, 0.2) is 9.37 Å². The first kappa shape index (κ1) is 24.7. The second kappa shape index (κ2) is 8.44. The van der Waals surface area contributed by atoms with Crippen molar-refractivity contribution in [1.29, 1.82) is 0 Å². The molecular weight excluding hydrogens is 448 g/mol. The standard InChI is InChI=1S/C28H45BrS/c1-9-25(10-2)17-27(13-5,14-6)21-19(25)23(29)20-22(24(21)30)28(15-7,16-8)18-26(20,11-3)12-4/h30H,9-18H2,1-8H3. The Kier molecular flexibility index (Phi) is 6.94. The Hall–Kier alpha value is 0.0500. The Bertz CT molecular complexity index is 661. The fourth-order valence-electron chi connectivity index (χ4n) is 7.80. The molecular formula is C28H45BrS. The Balaban J connectivity index is 2.55. The molecule has 0 N–H and O–H groups in total. The Morgan fingerprint density at radius 1 is 0.533 bits per heavy atom. The van der Waals surface area contributed by atoms with Crippen LogP contribution in [0.5, 0.6) is 0 Å². The maximum Gasteiger partial charge on any atom is 0.0257 e. The molecule has 0 fully saturated rings. The van der Waals surface area contributed by atoms with E-state index in [0.717, 1.165) is 0 Å². The molecule has 0 bridgehead atoms. The van der Waals surface area contributed by atoms with Gasteiger partial charge in [0.2, 0.25) is 0 Å². The molecule has 0 heterocycles. The minimum absolute atomic E-state index is 0.271. The van der Waals surface area contributed by atoms with E-state index in [2.05, 4.69) is 71.3 Å². The average Bonchev–Trinajstić information content (AvgIpc) is 3.27. The van der Waals surface area contributed by atoms with Gasteiger partial charge in [0.25, 0.3) is 0 Å². The molecule has 2 heteroatoms. The average molecular weight is 494 g/mol. The quantitative estimate of drug-likeness (QED) is 0.342. The van der Waals surface area contributed by atoms with Gasteiger partial charge >= 0.3 is 0 Å². The van der Waals surface area contributed by atoms with Crippen molar-refractivity contribution >= 4 is 28.6 Å². The lowest BCUT2D eigenvalue weighted by atomic mass is 9.70. The molecule has 0 spiro atoms. The summed E-state index contributed by atoms with van der Waals surface area (Å²) < 4.78 is 1.48. The Morgan fingerprint density at radius 2 is 0.767 bits per heavy atom. The molecule has 0 saturated heterocycles. The van der Waals surface area contributed by atoms with Gasteiger partial charge in [-0.1, -0.05) is 71.3 Å². The van der Waals surface area contributed by atoms with Gasteiger partial charge in [0.1, 0.15) is 0 Å². The molecule has 1 aromatic rings. The number of hydrogen-bond acceptors (Lipinski definition) is 1. The fourth-order valence-corrected chi connectivity index (χ4v) is 9.73. The molecule has 170 valence electrons. The first-order chi connectivity index (χ1) is 14.2. The first-order valence-electron chi connectivity index (χ1n) is 12.8. The van der Waals surface area contributed by atoms with Crippen LogP contribution in [-0.4, -0.2) is 0 Å². The lowest BCUT2D eigenvalue weighted by molar-refractivity contribution is 0.274.